The first kappa shape index (κ1) is 18.1. The number of benzene rings is 2. The van der Waals surface area contributed by atoms with Crippen molar-refractivity contribution in [3.8, 4) is 6.07 Å². The number of nitrogens with one attached hydrogen (secondary N) is 1. The van der Waals surface area contributed by atoms with E-state index < -0.39 is 11.6 Å². The Labute approximate surface area is 155 Å². The largest absolute Gasteiger partial charge is 0.478 e. The molecule has 0 saturated carbocycles. The summed E-state index contributed by atoms with van der Waals surface area (Å²) in [5.74, 6) is -1.47. The number of hydrogen-bond donors (Lipinski definition) is 2. The smallest absolute Gasteiger partial charge is 0.351 e. The number of carbonyl (C=O) groups excluding carboxylic acids is 1. The highest BCUT2D eigenvalue weighted by molar-refractivity contribution is 6.00. The van der Waals surface area contributed by atoms with Crippen molar-refractivity contribution in [2.75, 3.05) is 6.54 Å². The van der Waals surface area contributed by atoms with E-state index in [9.17, 15) is 14.7 Å². The number of rotatable bonds is 6. The lowest BCUT2D eigenvalue weighted by Gasteiger charge is -2.21. The molecule has 0 saturated heterocycles. The van der Waals surface area contributed by atoms with Crippen LogP contribution in [-0.2, 0) is 16.1 Å². The Morgan fingerprint density at radius 3 is 2.70 bits per heavy atom. The van der Waals surface area contributed by atoms with Crippen molar-refractivity contribution >= 4 is 17.6 Å². The summed E-state index contributed by atoms with van der Waals surface area (Å²) in [5.41, 5.74) is 0.536. The summed E-state index contributed by atoms with van der Waals surface area (Å²) in [6.45, 7) is 0.0689. The molecule has 0 aromatic heterocycles. The van der Waals surface area contributed by atoms with Gasteiger partial charge in [-0.3, -0.25) is 4.79 Å². The normalized spacial score (nSPS) is 18.1. The minimum atomic E-state index is -1.47. The maximum atomic E-state index is 12.2. The van der Waals surface area contributed by atoms with Gasteiger partial charge < -0.3 is 15.3 Å². The van der Waals surface area contributed by atoms with Crippen molar-refractivity contribution in [1.29, 1.82) is 5.26 Å². The molecule has 1 aliphatic rings. The average Bonchev–Trinajstić information content (AvgIpc) is 3.11. The Kier molecular flexibility index (Phi) is 5.18. The highest BCUT2D eigenvalue weighted by Gasteiger charge is 2.46. The van der Waals surface area contributed by atoms with Crippen LogP contribution in [-0.4, -0.2) is 34.8 Å². The molecular weight excluding hydrogens is 346 g/mol. The number of carbonyl (C=O) groups is 2. The van der Waals surface area contributed by atoms with Gasteiger partial charge in [0.2, 0.25) is 5.60 Å². The van der Waals surface area contributed by atoms with Gasteiger partial charge in [-0.2, -0.15) is 5.26 Å². The zero-order chi connectivity index (χ0) is 19.3. The summed E-state index contributed by atoms with van der Waals surface area (Å²) in [5, 5.41) is 25.1. The van der Waals surface area contributed by atoms with Crippen LogP contribution in [0.15, 0.2) is 59.8 Å². The molecule has 0 fully saturated rings. The van der Waals surface area contributed by atoms with Gasteiger partial charge >= 0.3 is 5.97 Å². The number of oxime groups is 1. The monoisotopic (exact) mass is 363 g/mol. The van der Waals surface area contributed by atoms with Gasteiger partial charge in [0.25, 0.3) is 5.91 Å². The zero-order valence-corrected chi connectivity index (χ0v) is 14.4. The molecule has 27 heavy (non-hydrogen) atoms. The molecule has 2 aromatic rings. The molecule has 1 atom stereocenters. The Bertz CT molecular complexity index is 934. The van der Waals surface area contributed by atoms with Crippen molar-refractivity contribution < 1.29 is 19.5 Å². The van der Waals surface area contributed by atoms with Crippen LogP contribution in [0, 0.1) is 11.3 Å². The summed E-state index contributed by atoms with van der Waals surface area (Å²) in [4.78, 5) is 29.3. The Morgan fingerprint density at radius 1 is 1.22 bits per heavy atom. The van der Waals surface area contributed by atoms with Crippen LogP contribution in [0.5, 0.6) is 0 Å². The van der Waals surface area contributed by atoms with Gasteiger partial charge in [-0.1, -0.05) is 41.6 Å². The molecule has 2 aromatic carbocycles. The molecule has 0 aliphatic carbocycles. The SMILES string of the molecule is N#Cc1cccc(C(=O)NCC2=NOC(Cc3ccccc3)(C(=O)O)C2)c1. The van der Waals surface area contributed by atoms with Crippen molar-refractivity contribution in [1.82, 2.24) is 5.32 Å². The molecule has 1 unspecified atom stereocenters. The number of hydrogen-bond acceptors (Lipinski definition) is 5. The van der Waals surface area contributed by atoms with E-state index in [-0.39, 0.29) is 25.3 Å². The second-order valence-corrected chi connectivity index (χ2v) is 6.26. The van der Waals surface area contributed by atoms with Gasteiger partial charge in [0, 0.05) is 18.4 Å². The van der Waals surface area contributed by atoms with Crippen LogP contribution in [0.4, 0.5) is 0 Å². The first-order chi connectivity index (χ1) is 13.0. The van der Waals surface area contributed by atoms with Crippen LogP contribution in [0.3, 0.4) is 0 Å². The van der Waals surface area contributed by atoms with Crippen LogP contribution in [0.1, 0.15) is 27.9 Å². The predicted molar refractivity (Wildman–Crippen MR) is 97.1 cm³/mol. The fourth-order valence-corrected chi connectivity index (χ4v) is 2.87. The first-order valence-corrected chi connectivity index (χ1v) is 8.32. The van der Waals surface area contributed by atoms with E-state index in [2.05, 4.69) is 10.5 Å². The van der Waals surface area contributed by atoms with Crippen LogP contribution in [0.2, 0.25) is 0 Å². The minimum Gasteiger partial charge on any atom is -0.478 e. The van der Waals surface area contributed by atoms with E-state index in [0.29, 0.717) is 16.8 Å². The van der Waals surface area contributed by atoms with E-state index in [1.165, 1.54) is 6.07 Å². The van der Waals surface area contributed by atoms with Crippen LogP contribution >= 0.6 is 0 Å². The Morgan fingerprint density at radius 2 is 2.00 bits per heavy atom. The lowest BCUT2D eigenvalue weighted by molar-refractivity contribution is -0.162. The standard InChI is InChI=1S/C20H17N3O4/c21-12-15-7-4-8-16(9-15)18(24)22-13-17-11-20(19(25)26,27-23-17)10-14-5-2-1-3-6-14/h1-9H,10-11,13H2,(H,22,24)(H,25,26). The van der Waals surface area contributed by atoms with Crippen molar-refractivity contribution in [2.45, 2.75) is 18.4 Å². The minimum absolute atomic E-state index is 0.0689. The van der Waals surface area contributed by atoms with E-state index >= 15 is 0 Å². The quantitative estimate of drug-likeness (QED) is 0.816. The number of nitriles is 1. The van der Waals surface area contributed by atoms with E-state index in [1.54, 1.807) is 18.2 Å². The van der Waals surface area contributed by atoms with Gasteiger partial charge in [0.05, 0.1) is 23.9 Å². The highest BCUT2D eigenvalue weighted by atomic mass is 16.7. The summed E-state index contributed by atoms with van der Waals surface area (Å²) in [6.07, 6.45) is 0.254. The van der Waals surface area contributed by atoms with E-state index in [4.69, 9.17) is 10.1 Å². The Balaban J connectivity index is 1.63. The van der Waals surface area contributed by atoms with Gasteiger partial charge in [0.15, 0.2) is 0 Å². The summed E-state index contributed by atoms with van der Waals surface area (Å²) >= 11 is 0. The predicted octanol–water partition coefficient (Wildman–Crippen LogP) is 2.13. The van der Waals surface area contributed by atoms with E-state index in [1.807, 2.05) is 36.4 Å². The first-order valence-electron chi connectivity index (χ1n) is 8.32. The highest BCUT2D eigenvalue weighted by Crippen LogP contribution is 2.28. The van der Waals surface area contributed by atoms with Gasteiger partial charge in [-0.05, 0) is 23.8 Å². The average molecular weight is 363 g/mol. The summed E-state index contributed by atoms with van der Waals surface area (Å²) in [7, 11) is 0. The van der Waals surface area contributed by atoms with E-state index in [0.717, 1.165) is 5.56 Å². The van der Waals surface area contributed by atoms with Crippen LogP contribution in [0.25, 0.3) is 0 Å². The van der Waals surface area contributed by atoms with Gasteiger partial charge in [-0.15, -0.1) is 0 Å². The molecule has 1 heterocycles. The lowest BCUT2D eigenvalue weighted by Crippen LogP contribution is -2.42. The zero-order valence-electron chi connectivity index (χ0n) is 14.4. The Hall–Kier alpha value is -3.66. The molecule has 7 nitrogen and oxygen atoms in total. The number of carboxylic acids is 1. The summed E-state index contributed by atoms with van der Waals surface area (Å²) < 4.78 is 0. The molecule has 0 radical (unpaired) electrons. The van der Waals surface area contributed by atoms with Crippen molar-refractivity contribution in [2.24, 2.45) is 5.16 Å². The maximum Gasteiger partial charge on any atom is 0.351 e. The lowest BCUT2D eigenvalue weighted by atomic mass is 9.90. The molecule has 3 rings (SSSR count). The molecule has 1 amide bonds. The number of aliphatic carboxylic acids is 1. The molecule has 2 N–H and O–H groups in total. The molecule has 0 spiro atoms. The van der Waals surface area contributed by atoms with Gasteiger partial charge in [0.1, 0.15) is 0 Å². The maximum absolute atomic E-state index is 12.2. The van der Waals surface area contributed by atoms with Crippen molar-refractivity contribution in [3.63, 3.8) is 0 Å². The number of nitrogens with zero attached hydrogens (tertiary/aromatic N) is 2. The third kappa shape index (κ3) is 4.12. The molecular formula is C20H17N3O4. The second kappa shape index (κ2) is 7.70. The molecule has 7 heteroatoms. The second-order valence-electron chi connectivity index (χ2n) is 6.26. The summed E-state index contributed by atoms with van der Waals surface area (Å²) in [6, 6.07) is 17.5. The number of amides is 1. The molecule has 1 aliphatic heterocycles. The fourth-order valence-electron chi connectivity index (χ4n) is 2.87. The fraction of sp³-hybridized carbons (Fsp3) is 0.200. The third-order valence-corrected chi connectivity index (χ3v) is 4.27. The van der Waals surface area contributed by atoms with Gasteiger partial charge in [-0.25, -0.2) is 4.79 Å². The van der Waals surface area contributed by atoms with Crippen molar-refractivity contribution in [3.05, 3.63) is 71.3 Å². The molecule has 0 bridgehead atoms. The number of carboxylic acid groups (broad SMARTS) is 1. The topological polar surface area (TPSA) is 112 Å². The molecule has 136 valence electrons. The third-order valence-electron chi connectivity index (χ3n) is 4.27. The van der Waals surface area contributed by atoms with Crippen LogP contribution < -0.4 is 5.32 Å².